The van der Waals surface area contributed by atoms with Gasteiger partial charge in [0, 0.05) is 4.48 Å². The summed E-state index contributed by atoms with van der Waals surface area (Å²) < 4.78 is 6.99. The van der Waals surface area contributed by atoms with Gasteiger partial charge in [0.1, 0.15) is 21.9 Å². The van der Waals surface area contributed by atoms with Crippen molar-refractivity contribution in [2.24, 2.45) is 4.99 Å². The molecule has 0 bridgehead atoms. The molecule has 31 heavy (non-hydrogen) atoms. The van der Waals surface area contributed by atoms with Crippen LogP contribution in [0.25, 0.3) is 10.2 Å². The quantitative estimate of drug-likeness (QED) is 0.493. The number of carboxylic acids is 1. The molecule has 0 amide bonds. The van der Waals surface area contributed by atoms with Gasteiger partial charge in [0.05, 0.1) is 38.0 Å². The summed E-state index contributed by atoms with van der Waals surface area (Å²) in [4.78, 5) is 20.7. The number of halogens is 2. The molecule has 0 saturated carbocycles. The van der Waals surface area contributed by atoms with Gasteiger partial charge >= 0.3 is 5.97 Å². The van der Waals surface area contributed by atoms with Crippen LogP contribution >= 0.6 is 55.0 Å². The predicted molar refractivity (Wildman–Crippen MR) is 128 cm³/mol. The number of carboxylic acid groups (broad SMARTS) is 1. The van der Waals surface area contributed by atoms with E-state index >= 15 is 0 Å². The first-order valence-corrected chi connectivity index (χ1v) is 12.3. The maximum atomic E-state index is 11.8. The highest BCUT2D eigenvalue weighted by molar-refractivity contribution is 9.12. The standard InChI is InChI=1S/C20H15Br2N3O4S2/c1-20(22)6-9(7-23)4-11(21)16(20)29-8-14-15(19(27)28)25-18(31-14)17-24-12-3-2-10(26)5-13(12)30-17/h2-6,14-16,26H,8H2,1H3,(H,27,28)/t14?,15-,16?,20?/m1/s1. The molecule has 7 nitrogen and oxygen atoms in total. The number of ether oxygens (including phenoxy) is 1. The zero-order valence-electron chi connectivity index (χ0n) is 16.0. The summed E-state index contributed by atoms with van der Waals surface area (Å²) in [5.41, 5.74) is 1.23. The number of benzene rings is 1. The SMILES string of the molecule is CC1(Br)C=C(C#N)C=C(Br)C1OCC1SC(c2nc3ccc(O)cc3s2)=N[C@H]1C(=O)O. The van der Waals surface area contributed by atoms with Crippen LogP contribution in [0.3, 0.4) is 0 Å². The minimum Gasteiger partial charge on any atom is -0.508 e. The number of rotatable bonds is 5. The lowest BCUT2D eigenvalue weighted by Crippen LogP contribution is -2.40. The second-order valence-electron chi connectivity index (χ2n) is 7.15. The number of aliphatic carboxylic acids is 1. The molecule has 0 spiro atoms. The number of allylic oxidation sites excluding steroid dienone is 2. The first kappa shape index (κ1) is 22.5. The topological polar surface area (TPSA) is 116 Å². The zero-order chi connectivity index (χ0) is 22.3. The van der Waals surface area contributed by atoms with Gasteiger partial charge in [-0.2, -0.15) is 5.26 Å². The number of nitrogens with zero attached hydrogens (tertiary/aromatic N) is 3. The van der Waals surface area contributed by atoms with Crippen molar-refractivity contribution < 1.29 is 19.7 Å². The first-order chi connectivity index (χ1) is 14.7. The highest BCUT2D eigenvalue weighted by Gasteiger charge is 2.41. The van der Waals surface area contributed by atoms with E-state index in [-0.39, 0.29) is 12.4 Å². The summed E-state index contributed by atoms with van der Waals surface area (Å²) in [6, 6.07) is 6.06. The van der Waals surface area contributed by atoms with Crippen LogP contribution in [-0.2, 0) is 9.53 Å². The van der Waals surface area contributed by atoms with Crippen LogP contribution in [0.15, 0.2) is 45.4 Å². The highest BCUT2D eigenvalue weighted by Crippen LogP contribution is 2.40. The summed E-state index contributed by atoms with van der Waals surface area (Å²) in [6.45, 7) is 2.03. The minimum atomic E-state index is -1.03. The number of alkyl halides is 1. The summed E-state index contributed by atoms with van der Waals surface area (Å²) in [6.07, 6.45) is 3.05. The zero-order valence-corrected chi connectivity index (χ0v) is 20.8. The average Bonchev–Trinajstić information content (AvgIpc) is 3.30. The number of hydrogen-bond acceptors (Lipinski definition) is 8. The normalized spacial score (nSPS) is 28.1. The molecule has 4 rings (SSSR count). The van der Waals surface area contributed by atoms with Gasteiger partial charge in [0.25, 0.3) is 0 Å². The fourth-order valence-corrected chi connectivity index (χ4v) is 7.32. The summed E-state index contributed by atoms with van der Waals surface area (Å²) in [5, 5.41) is 29.3. The number of fused-ring (bicyclic) bond motifs is 1. The van der Waals surface area contributed by atoms with E-state index in [2.05, 4.69) is 47.9 Å². The van der Waals surface area contributed by atoms with E-state index in [0.29, 0.717) is 20.1 Å². The lowest BCUT2D eigenvalue weighted by Gasteiger charge is -2.33. The Kier molecular flexibility index (Phi) is 6.29. The molecule has 4 atom stereocenters. The van der Waals surface area contributed by atoms with E-state index in [4.69, 9.17) is 4.74 Å². The van der Waals surface area contributed by atoms with Crippen molar-refractivity contribution in [1.29, 1.82) is 5.26 Å². The molecule has 1 aromatic heterocycles. The van der Waals surface area contributed by atoms with Crippen molar-refractivity contribution in [2.45, 2.75) is 28.6 Å². The average molecular weight is 585 g/mol. The molecular formula is C20H15Br2N3O4S2. The number of thioether (sulfide) groups is 1. The first-order valence-electron chi connectivity index (χ1n) is 9.05. The maximum absolute atomic E-state index is 11.8. The van der Waals surface area contributed by atoms with Gasteiger partial charge in [-0.25, -0.2) is 9.78 Å². The largest absolute Gasteiger partial charge is 0.508 e. The molecule has 160 valence electrons. The highest BCUT2D eigenvalue weighted by atomic mass is 79.9. The van der Waals surface area contributed by atoms with Gasteiger partial charge < -0.3 is 14.9 Å². The molecule has 2 aliphatic rings. The van der Waals surface area contributed by atoms with Crippen LogP contribution in [0.4, 0.5) is 0 Å². The number of carbonyl (C=O) groups is 1. The molecule has 2 N–H and O–H groups in total. The fraction of sp³-hybridized carbons (Fsp3) is 0.300. The Morgan fingerprint density at radius 1 is 1.45 bits per heavy atom. The molecule has 1 aliphatic carbocycles. The van der Waals surface area contributed by atoms with Gasteiger partial charge in [-0.05, 0) is 37.3 Å². The van der Waals surface area contributed by atoms with Crippen LogP contribution in [0.1, 0.15) is 11.9 Å². The molecule has 3 unspecified atom stereocenters. The summed E-state index contributed by atoms with van der Waals surface area (Å²) in [7, 11) is 0. The van der Waals surface area contributed by atoms with Gasteiger partial charge in [0.15, 0.2) is 6.04 Å². The van der Waals surface area contributed by atoms with Crippen molar-refractivity contribution in [3.63, 3.8) is 0 Å². The van der Waals surface area contributed by atoms with E-state index in [0.717, 1.165) is 10.2 Å². The third kappa shape index (κ3) is 4.59. The van der Waals surface area contributed by atoms with E-state index in [9.17, 15) is 20.3 Å². The van der Waals surface area contributed by atoms with Crippen molar-refractivity contribution in [2.75, 3.05) is 6.61 Å². The molecule has 1 aliphatic heterocycles. The van der Waals surface area contributed by atoms with Crippen LogP contribution in [0.2, 0.25) is 0 Å². The van der Waals surface area contributed by atoms with Crippen LogP contribution in [0, 0.1) is 11.3 Å². The van der Waals surface area contributed by atoms with Crippen molar-refractivity contribution in [3.8, 4) is 11.8 Å². The number of aliphatic imine (C=N–C) groups is 1. The number of aromatic nitrogens is 1. The van der Waals surface area contributed by atoms with Crippen molar-refractivity contribution in [1.82, 2.24) is 4.98 Å². The van der Waals surface area contributed by atoms with Crippen LogP contribution in [-0.4, -0.2) is 54.5 Å². The monoisotopic (exact) mass is 583 g/mol. The van der Waals surface area contributed by atoms with E-state index in [1.54, 1.807) is 30.4 Å². The second kappa shape index (κ2) is 8.67. The second-order valence-corrected chi connectivity index (χ2v) is 12.0. The lowest BCUT2D eigenvalue weighted by molar-refractivity contribution is -0.138. The Morgan fingerprint density at radius 2 is 2.23 bits per heavy atom. The fourth-order valence-electron chi connectivity index (χ4n) is 3.31. The molecule has 2 aromatic rings. The number of phenolic OH excluding ortho intramolecular Hbond substituents is 1. The van der Waals surface area contributed by atoms with E-state index in [1.165, 1.54) is 23.1 Å². The summed E-state index contributed by atoms with van der Waals surface area (Å²) >= 11 is 9.76. The molecule has 0 saturated heterocycles. The van der Waals surface area contributed by atoms with E-state index < -0.39 is 27.7 Å². The number of aromatic hydroxyl groups is 1. The molecule has 2 heterocycles. The number of nitriles is 1. The van der Waals surface area contributed by atoms with Crippen LogP contribution in [0.5, 0.6) is 5.75 Å². The molecule has 1 aromatic carbocycles. The molecule has 0 radical (unpaired) electrons. The van der Waals surface area contributed by atoms with Gasteiger partial charge in [-0.15, -0.1) is 11.3 Å². The Bertz CT molecular complexity index is 1200. The Balaban J connectivity index is 1.52. The smallest absolute Gasteiger partial charge is 0.329 e. The van der Waals surface area contributed by atoms with Crippen LogP contribution < -0.4 is 0 Å². The summed E-state index contributed by atoms with van der Waals surface area (Å²) in [5.74, 6) is -0.877. The third-order valence-corrected chi connectivity index (χ3v) is 8.39. The predicted octanol–water partition coefficient (Wildman–Crippen LogP) is 4.60. The lowest BCUT2D eigenvalue weighted by atomic mass is 9.95. The van der Waals surface area contributed by atoms with Gasteiger partial charge in [-0.3, -0.25) is 4.99 Å². The Morgan fingerprint density at radius 3 is 2.90 bits per heavy atom. The van der Waals surface area contributed by atoms with Crippen molar-refractivity contribution >= 4 is 76.2 Å². The minimum absolute atomic E-state index is 0.144. The Labute approximate surface area is 202 Å². The van der Waals surface area contributed by atoms with Crippen molar-refractivity contribution in [3.05, 3.63) is 45.4 Å². The van der Waals surface area contributed by atoms with Gasteiger partial charge in [-0.1, -0.05) is 43.6 Å². The molecule has 0 fully saturated rings. The number of phenols is 1. The third-order valence-electron chi connectivity index (χ3n) is 4.73. The number of hydrogen-bond donors (Lipinski definition) is 2. The number of thiazole rings is 1. The maximum Gasteiger partial charge on any atom is 0.329 e. The molecule has 11 heteroatoms. The van der Waals surface area contributed by atoms with Gasteiger partial charge in [0.2, 0.25) is 0 Å². The van der Waals surface area contributed by atoms with E-state index in [1.807, 2.05) is 6.92 Å². The molecular weight excluding hydrogens is 570 g/mol. The Hall–Kier alpha value is -1.71.